The molecule has 1 heterocycles. The molecule has 4 aromatic rings. The minimum Gasteiger partial charge on any atom is -0.347 e. The van der Waals surface area contributed by atoms with Gasteiger partial charge in [0.2, 0.25) is 0 Å². The fourth-order valence-electron chi connectivity index (χ4n) is 6.99. The zero-order chi connectivity index (χ0) is 28.2. The monoisotopic (exact) mass is 526 g/mol. The van der Waals surface area contributed by atoms with Crippen molar-refractivity contribution < 1.29 is 4.92 Å². The van der Waals surface area contributed by atoms with Crippen molar-refractivity contribution in [3.63, 3.8) is 0 Å². The number of nitrogens with zero attached hydrogens (tertiary/aromatic N) is 2. The van der Waals surface area contributed by atoms with Crippen LogP contribution >= 0.6 is 0 Å². The van der Waals surface area contributed by atoms with E-state index in [1.54, 1.807) is 12.1 Å². The number of anilines is 1. The van der Waals surface area contributed by atoms with E-state index in [9.17, 15) is 10.1 Å². The van der Waals surface area contributed by atoms with Crippen LogP contribution in [0.5, 0.6) is 0 Å². The van der Waals surface area contributed by atoms with Crippen LogP contribution in [0, 0.1) is 10.1 Å². The van der Waals surface area contributed by atoms with Gasteiger partial charge in [0.25, 0.3) is 5.69 Å². The number of nitro groups is 1. The summed E-state index contributed by atoms with van der Waals surface area (Å²) in [6.45, 7) is 8.94. The Morgan fingerprint density at radius 2 is 1.62 bits per heavy atom. The molecule has 6 rings (SSSR count). The molecule has 0 saturated carbocycles. The van der Waals surface area contributed by atoms with Crippen LogP contribution < -0.4 is 4.90 Å². The summed E-state index contributed by atoms with van der Waals surface area (Å²) in [5.74, 6) is 0. The van der Waals surface area contributed by atoms with Gasteiger partial charge in [0.15, 0.2) is 0 Å². The SMILES string of the molecule is CC1=C(/C=C/C=C2/N(C)c3c(ccc4ccccc34)C2(C)C)C(C)(Cc2ccccc2)c2cc([N+](=O)[O-])ccc21. The van der Waals surface area contributed by atoms with Crippen molar-refractivity contribution >= 4 is 27.7 Å². The van der Waals surface area contributed by atoms with Crippen LogP contribution in [0.1, 0.15) is 49.9 Å². The van der Waals surface area contributed by atoms with Crippen molar-refractivity contribution in [3.05, 3.63) is 147 Å². The van der Waals surface area contributed by atoms with Crippen molar-refractivity contribution in [1.29, 1.82) is 0 Å². The summed E-state index contributed by atoms with van der Waals surface area (Å²) in [4.78, 5) is 13.7. The molecule has 4 nitrogen and oxygen atoms in total. The highest BCUT2D eigenvalue weighted by molar-refractivity contribution is 5.99. The summed E-state index contributed by atoms with van der Waals surface area (Å²) < 4.78 is 0. The van der Waals surface area contributed by atoms with Crippen LogP contribution in [-0.2, 0) is 17.3 Å². The van der Waals surface area contributed by atoms with E-state index in [-0.39, 0.29) is 16.0 Å². The minimum absolute atomic E-state index is 0.137. The van der Waals surface area contributed by atoms with Crippen molar-refractivity contribution in [2.75, 3.05) is 11.9 Å². The Kier molecular flexibility index (Phi) is 6.03. The highest BCUT2D eigenvalue weighted by Crippen LogP contribution is 2.51. The first kappa shape index (κ1) is 25.8. The second-order valence-electron chi connectivity index (χ2n) is 11.8. The van der Waals surface area contributed by atoms with Gasteiger partial charge in [-0.3, -0.25) is 10.1 Å². The van der Waals surface area contributed by atoms with Crippen LogP contribution in [0.15, 0.2) is 114 Å². The molecule has 0 bridgehead atoms. The lowest BCUT2D eigenvalue weighted by atomic mass is 9.74. The van der Waals surface area contributed by atoms with E-state index in [0.717, 1.165) is 17.5 Å². The van der Waals surface area contributed by atoms with Gasteiger partial charge in [-0.05, 0) is 64.3 Å². The van der Waals surface area contributed by atoms with E-state index in [1.165, 1.54) is 44.4 Å². The van der Waals surface area contributed by atoms with Crippen molar-refractivity contribution in [2.45, 2.75) is 44.9 Å². The standard InChI is InChI=1S/C36H34N2O2/c1-24-28-20-19-27(38(39)40)22-32(28)36(4,23-25-12-7-6-8-13-25)30(24)16-11-17-33-35(2,3)31-21-18-26-14-9-10-15-29(26)34(31)37(33)5/h6-22H,23H2,1-5H3/b16-11+,33-17+. The van der Waals surface area contributed by atoms with Gasteiger partial charge in [-0.15, -0.1) is 0 Å². The van der Waals surface area contributed by atoms with E-state index in [0.29, 0.717) is 0 Å². The Hall–Kier alpha value is -4.44. The number of hydrogen-bond acceptors (Lipinski definition) is 3. The van der Waals surface area contributed by atoms with Crippen LogP contribution in [-0.4, -0.2) is 12.0 Å². The number of allylic oxidation sites excluding steroid dienone is 6. The molecule has 200 valence electrons. The molecule has 4 heteroatoms. The first-order chi connectivity index (χ1) is 19.1. The lowest BCUT2D eigenvalue weighted by Gasteiger charge is -2.29. The third-order valence-electron chi connectivity index (χ3n) is 9.04. The summed E-state index contributed by atoms with van der Waals surface area (Å²) in [6, 6.07) is 28.8. The van der Waals surface area contributed by atoms with Crippen molar-refractivity contribution in [1.82, 2.24) is 0 Å². The highest BCUT2D eigenvalue weighted by atomic mass is 16.6. The lowest BCUT2D eigenvalue weighted by Crippen LogP contribution is -2.25. The number of non-ortho nitro benzene ring substituents is 1. The first-order valence-electron chi connectivity index (χ1n) is 13.8. The predicted octanol–water partition coefficient (Wildman–Crippen LogP) is 8.90. The molecular formula is C36H34N2O2. The van der Waals surface area contributed by atoms with Gasteiger partial charge in [0.1, 0.15) is 0 Å². The molecule has 0 fully saturated rings. The quantitative estimate of drug-likeness (QED) is 0.193. The third kappa shape index (κ3) is 3.90. The highest BCUT2D eigenvalue weighted by Gasteiger charge is 2.41. The van der Waals surface area contributed by atoms with Gasteiger partial charge in [-0.2, -0.15) is 0 Å². The maximum Gasteiger partial charge on any atom is 0.269 e. The van der Waals surface area contributed by atoms with Crippen LogP contribution in [0.4, 0.5) is 11.4 Å². The molecule has 0 radical (unpaired) electrons. The van der Waals surface area contributed by atoms with Crippen molar-refractivity contribution in [3.8, 4) is 0 Å². The van der Waals surface area contributed by atoms with Gasteiger partial charge in [0, 0.05) is 41.1 Å². The Morgan fingerprint density at radius 1 is 0.900 bits per heavy atom. The lowest BCUT2D eigenvalue weighted by molar-refractivity contribution is -0.385. The van der Waals surface area contributed by atoms with E-state index in [2.05, 4.69) is 119 Å². The zero-order valence-corrected chi connectivity index (χ0v) is 23.7. The molecule has 2 aliphatic rings. The predicted molar refractivity (Wildman–Crippen MR) is 166 cm³/mol. The maximum absolute atomic E-state index is 11.7. The topological polar surface area (TPSA) is 46.4 Å². The van der Waals surface area contributed by atoms with E-state index >= 15 is 0 Å². The summed E-state index contributed by atoms with van der Waals surface area (Å²) in [7, 11) is 2.16. The van der Waals surface area contributed by atoms with E-state index in [4.69, 9.17) is 0 Å². The molecule has 0 spiro atoms. The Morgan fingerprint density at radius 3 is 2.38 bits per heavy atom. The average molecular weight is 527 g/mol. The number of likely N-dealkylation sites (N-methyl/N-ethyl adjacent to an activating group) is 1. The number of hydrogen-bond donors (Lipinski definition) is 0. The van der Waals surface area contributed by atoms with Gasteiger partial charge in [0.05, 0.1) is 10.6 Å². The second kappa shape index (κ2) is 9.34. The van der Waals surface area contributed by atoms with Crippen molar-refractivity contribution in [2.24, 2.45) is 0 Å². The first-order valence-corrected chi connectivity index (χ1v) is 13.8. The van der Waals surface area contributed by atoms with Crippen LogP contribution in [0.2, 0.25) is 0 Å². The molecule has 0 saturated heterocycles. The Labute approximate surface area is 236 Å². The van der Waals surface area contributed by atoms with Gasteiger partial charge in [-0.1, -0.05) is 99.7 Å². The van der Waals surface area contributed by atoms with E-state index < -0.39 is 5.41 Å². The van der Waals surface area contributed by atoms with Crippen LogP contribution in [0.25, 0.3) is 16.3 Å². The fraction of sp³-hybridized carbons (Fsp3) is 0.222. The zero-order valence-electron chi connectivity index (χ0n) is 23.7. The average Bonchev–Trinajstić information content (AvgIpc) is 3.27. The minimum atomic E-state index is -0.391. The molecule has 1 unspecified atom stereocenters. The molecule has 4 aromatic carbocycles. The smallest absolute Gasteiger partial charge is 0.269 e. The van der Waals surface area contributed by atoms with E-state index in [1.807, 2.05) is 12.1 Å². The molecule has 40 heavy (non-hydrogen) atoms. The van der Waals surface area contributed by atoms with Gasteiger partial charge >= 0.3 is 0 Å². The molecule has 0 N–H and O–H groups in total. The third-order valence-corrected chi connectivity index (χ3v) is 9.04. The van der Waals surface area contributed by atoms with Gasteiger partial charge in [-0.25, -0.2) is 0 Å². The fourth-order valence-corrected chi connectivity index (χ4v) is 6.99. The summed E-state index contributed by atoms with van der Waals surface area (Å²) in [5, 5.41) is 14.2. The number of fused-ring (bicyclic) bond motifs is 4. The normalized spacial score (nSPS) is 20.5. The second-order valence-corrected chi connectivity index (χ2v) is 11.8. The summed E-state index contributed by atoms with van der Waals surface area (Å²) in [6.07, 6.45) is 7.40. The molecule has 0 aromatic heterocycles. The van der Waals surface area contributed by atoms with Gasteiger partial charge < -0.3 is 4.90 Å². The molecule has 1 aliphatic carbocycles. The molecular weight excluding hydrogens is 492 g/mol. The Bertz CT molecular complexity index is 1760. The summed E-state index contributed by atoms with van der Waals surface area (Å²) >= 11 is 0. The maximum atomic E-state index is 11.7. The molecule has 1 atom stereocenters. The number of benzene rings is 4. The molecule has 1 aliphatic heterocycles. The number of nitro benzene ring substituents is 1. The summed E-state index contributed by atoms with van der Waals surface area (Å²) in [5.41, 5.74) is 9.14. The largest absolute Gasteiger partial charge is 0.347 e. The molecule has 0 amide bonds. The Balaban J connectivity index is 1.42. The van der Waals surface area contributed by atoms with Crippen LogP contribution in [0.3, 0.4) is 0 Å². The number of rotatable bonds is 5.